The summed E-state index contributed by atoms with van der Waals surface area (Å²) in [6.07, 6.45) is 7.84. The van der Waals surface area contributed by atoms with E-state index >= 15 is 0 Å². The molecule has 42 heavy (non-hydrogen) atoms. The van der Waals surface area contributed by atoms with Crippen LogP contribution >= 0.6 is 0 Å². The zero-order valence-electron chi connectivity index (χ0n) is 25.4. The van der Waals surface area contributed by atoms with Crippen LogP contribution in [-0.4, -0.2) is 3.21 Å². The third-order valence-electron chi connectivity index (χ3n) is 8.03. The van der Waals surface area contributed by atoms with Crippen molar-refractivity contribution >= 4 is 30.3 Å². The Morgan fingerprint density at radius 1 is 0.762 bits per heavy atom. The molecule has 5 aromatic carbocycles. The molecule has 0 fully saturated rings. The van der Waals surface area contributed by atoms with E-state index in [1.807, 2.05) is 0 Å². The zero-order valence-corrected chi connectivity index (χ0v) is 29.4. The van der Waals surface area contributed by atoms with Crippen molar-refractivity contribution in [1.82, 2.24) is 0 Å². The summed E-state index contributed by atoms with van der Waals surface area (Å²) < 4.78 is 1.42. The summed E-state index contributed by atoms with van der Waals surface area (Å²) in [6, 6.07) is 30.5. The zero-order chi connectivity index (χ0) is 28.4. The Morgan fingerprint density at radius 2 is 1.33 bits per heavy atom. The van der Waals surface area contributed by atoms with E-state index in [4.69, 9.17) is 0 Å². The summed E-state index contributed by atoms with van der Waals surface area (Å²) in [6.45, 7) is 13.9. The predicted molar refractivity (Wildman–Crippen MR) is 173 cm³/mol. The van der Waals surface area contributed by atoms with Crippen LogP contribution in [0.15, 0.2) is 103 Å². The molecule has 0 bridgehead atoms. The molecule has 0 aliphatic heterocycles. The second-order valence-electron chi connectivity index (χ2n) is 11.6. The van der Waals surface area contributed by atoms with Gasteiger partial charge in [-0.3, -0.25) is 0 Å². The number of allylic oxidation sites excluding steroid dienone is 4. The number of halogens is 2. The number of benzene rings is 4. The third-order valence-corrected chi connectivity index (χ3v) is 9.44. The number of rotatable bonds is 5. The molecule has 0 amide bonds. The Hall–Kier alpha value is -2.44. The van der Waals surface area contributed by atoms with Gasteiger partial charge in [-0.25, -0.2) is 0 Å². The molecule has 0 unspecified atom stereocenters. The Kier molecular flexibility index (Phi) is 12.0. The van der Waals surface area contributed by atoms with Gasteiger partial charge in [-0.1, -0.05) is 91.4 Å². The van der Waals surface area contributed by atoms with Gasteiger partial charge >= 0.3 is 99.2 Å². The molecule has 1 aliphatic carbocycles. The van der Waals surface area contributed by atoms with E-state index in [0.29, 0.717) is 11.8 Å². The monoisotopic (exact) mass is 667 g/mol. The van der Waals surface area contributed by atoms with Gasteiger partial charge in [0.2, 0.25) is 0 Å². The summed E-state index contributed by atoms with van der Waals surface area (Å²) >= 11 is 1.46. The second kappa shape index (κ2) is 14.8. The van der Waals surface area contributed by atoms with Crippen LogP contribution < -0.4 is 24.8 Å². The number of fused-ring (bicyclic) bond motifs is 3. The van der Waals surface area contributed by atoms with Gasteiger partial charge in [-0.2, -0.15) is 0 Å². The van der Waals surface area contributed by atoms with Crippen molar-refractivity contribution in [1.29, 1.82) is 0 Å². The molecule has 0 nitrogen and oxygen atoms in total. The van der Waals surface area contributed by atoms with E-state index < -0.39 is 0 Å². The molecule has 0 radical (unpaired) electrons. The van der Waals surface area contributed by atoms with Crippen LogP contribution in [0, 0.1) is 13.8 Å². The molecular weight excluding hydrogens is 631 g/mol. The Morgan fingerprint density at radius 3 is 1.83 bits per heavy atom. The van der Waals surface area contributed by atoms with Crippen LogP contribution in [0.25, 0.3) is 27.1 Å². The summed E-state index contributed by atoms with van der Waals surface area (Å²) in [7, 11) is 0. The number of hydrogen-bond acceptors (Lipinski definition) is 0. The van der Waals surface area contributed by atoms with Gasteiger partial charge in [0, 0.05) is 0 Å². The van der Waals surface area contributed by atoms with Crippen LogP contribution in [0.5, 0.6) is 0 Å². The van der Waals surface area contributed by atoms with E-state index in [1.165, 1.54) is 82.4 Å². The molecule has 0 N–H and O–H groups in total. The summed E-state index contributed by atoms with van der Waals surface area (Å²) in [5.41, 5.74) is 11.5. The minimum atomic E-state index is 0. The molecule has 6 rings (SSSR count). The molecule has 1 aliphatic rings. The quantitative estimate of drug-likeness (QED) is 0.238. The first-order valence-electron chi connectivity index (χ1n) is 14.5. The van der Waals surface area contributed by atoms with Crippen molar-refractivity contribution in [3.05, 3.63) is 142 Å². The fourth-order valence-electron chi connectivity index (χ4n) is 6.33. The van der Waals surface area contributed by atoms with E-state index in [2.05, 4.69) is 145 Å². The van der Waals surface area contributed by atoms with Crippen molar-refractivity contribution in [3.63, 3.8) is 0 Å². The molecule has 0 aromatic heterocycles. The van der Waals surface area contributed by atoms with Crippen LogP contribution in [0.2, 0.25) is 0 Å². The normalized spacial score (nSPS) is 12.2. The maximum atomic E-state index is 2.44. The van der Waals surface area contributed by atoms with Crippen molar-refractivity contribution in [2.45, 2.75) is 59.8 Å². The molecule has 0 saturated carbocycles. The van der Waals surface area contributed by atoms with Gasteiger partial charge in [0.15, 0.2) is 0 Å². The topological polar surface area (TPSA) is 0 Å². The van der Waals surface area contributed by atoms with Gasteiger partial charge in [-0.15, -0.1) is 33.7 Å². The predicted octanol–water partition coefficient (Wildman–Crippen LogP) is 4.73. The van der Waals surface area contributed by atoms with Crippen LogP contribution in [0.3, 0.4) is 0 Å². The first-order valence-corrected chi connectivity index (χ1v) is 15.7. The summed E-state index contributed by atoms with van der Waals surface area (Å²) in [5, 5.41) is 5.75. The van der Waals surface area contributed by atoms with Crippen molar-refractivity contribution in [2.75, 3.05) is 0 Å². The van der Waals surface area contributed by atoms with Gasteiger partial charge in [0.1, 0.15) is 0 Å². The van der Waals surface area contributed by atoms with E-state index in [1.54, 1.807) is 11.1 Å². The van der Waals surface area contributed by atoms with Crippen LogP contribution in [-0.2, 0) is 24.2 Å². The molecule has 0 atom stereocenters. The summed E-state index contributed by atoms with van der Waals surface area (Å²) in [5.74, 6) is 1.05. The average molecular weight is 670 g/mol. The average Bonchev–Trinajstić information content (AvgIpc) is 3.61. The van der Waals surface area contributed by atoms with E-state index in [0.717, 1.165) is 6.42 Å². The molecule has 0 heterocycles. The van der Waals surface area contributed by atoms with Gasteiger partial charge < -0.3 is 24.8 Å². The van der Waals surface area contributed by atoms with Crippen LogP contribution in [0.4, 0.5) is 0 Å². The molecule has 0 saturated heterocycles. The van der Waals surface area contributed by atoms with Crippen LogP contribution in [0.1, 0.15) is 84.9 Å². The van der Waals surface area contributed by atoms with Gasteiger partial charge in [-0.05, 0) is 32.1 Å². The Bertz CT molecular complexity index is 1690. The van der Waals surface area contributed by atoms with Gasteiger partial charge in [0.05, 0.1) is 0 Å². The first-order chi connectivity index (χ1) is 19.3. The SMILES string of the molecule is Cc1ccc2c(c1)[cH-]c1c(C3=CC=CC3)c(C)c(C(C)C)c(C(C)C)c12.[Cl-].[Cl-].[Zr+2]=[C](c1ccccc1)c1ccccc1. The van der Waals surface area contributed by atoms with Crippen molar-refractivity contribution < 1.29 is 49.0 Å². The third kappa shape index (κ3) is 6.86. The van der Waals surface area contributed by atoms with Crippen molar-refractivity contribution in [2.24, 2.45) is 0 Å². The van der Waals surface area contributed by atoms with Gasteiger partial charge in [0.25, 0.3) is 0 Å². The minimum absolute atomic E-state index is 0. The van der Waals surface area contributed by atoms with Crippen molar-refractivity contribution in [3.8, 4) is 0 Å². The second-order valence-corrected chi connectivity index (χ2v) is 12.8. The first kappa shape index (κ1) is 34.1. The van der Waals surface area contributed by atoms with E-state index in [-0.39, 0.29) is 24.8 Å². The molecule has 214 valence electrons. The molecule has 3 heteroatoms. The number of hydrogen-bond donors (Lipinski definition) is 0. The fourth-order valence-corrected chi connectivity index (χ4v) is 7.15. The molecular formula is C39H39Cl2Zr-. The number of aryl methyl sites for hydroxylation is 1. The Balaban J connectivity index is 0.000000258. The fraction of sp³-hybridized carbons (Fsp3) is 0.231. The standard InChI is InChI=1S/C26H29.C13H10.2ClH.Zr/c1-15(2)23-18(6)25(19-9-7-8-10-19)22-14-20-13-17(5)11-12-21(20)26(22)24(23)16(3)4;1-3-7-12(8-4-1)11-13-9-5-2-6-10-13;;;/h7-9,11-16H,10H2,1-6H3;1-10H;2*1H;/q-1;;;;+2/p-2. The Labute approximate surface area is 279 Å². The maximum absolute atomic E-state index is 2.44. The summed E-state index contributed by atoms with van der Waals surface area (Å²) in [4.78, 5) is 0. The van der Waals surface area contributed by atoms with E-state index in [9.17, 15) is 0 Å². The molecule has 0 spiro atoms. The molecule has 5 aromatic rings.